The number of nitrogens with one attached hydrogen (secondary N) is 1. The van der Waals surface area contributed by atoms with Crippen LogP contribution in [0.2, 0.25) is 0 Å². The highest BCUT2D eigenvalue weighted by molar-refractivity contribution is 7.09. The van der Waals surface area contributed by atoms with Crippen LogP contribution in [0.1, 0.15) is 41.5 Å². The Bertz CT molecular complexity index is 960. The van der Waals surface area contributed by atoms with Crippen LogP contribution in [0, 0.1) is 5.82 Å². The molecule has 0 spiro atoms. The Labute approximate surface area is 179 Å². The third-order valence-corrected chi connectivity index (χ3v) is 5.48. The Morgan fingerprint density at radius 3 is 2.53 bits per heavy atom. The van der Waals surface area contributed by atoms with Crippen molar-refractivity contribution in [2.75, 3.05) is 12.4 Å². The van der Waals surface area contributed by atoms with Crippen LogP contribution < -0.4 is 15.8 Å². The van der Waals surface area contributed by atoms with E-state index in [-0.39, 0.29) is 17.6 Å². The van der Waals surface area contributed by atoms with Crippen molar-refractivity contribution in [3.05, 3.63) is 71.3 Å². The van der Waals surface area contributed by atoms with E-state index in [9.17, 15) is 9.18 Å². The Morgan fingerprint density at radius 1 is 1.20 bits per heavy atom. The van der Waals surface area contributed by atoms with Crippen molar-refractivity contribution in [3.8, 4) is 5.75 Å². The number of methoxy groups -OCH3 is 1. The van der Waals surface area contributed by atoms with Crippen molar-refractivity contribution in [1.82, 2.24) is 9.36 Å². The normalized spacial score (nSPS) is 12.9. The average Bonchev–Trinajstić information content (AvgIpc) is 3.21. The number of ketones is 1. The van der Waals surface area contributed by atoms with Gasteiger partial charge in [0.1, 0.15) is 17.4 Å². The monoisotopic (exact) mass is 428 g/mol. The van der Waals surface area contributed by atoms with Crippen molar-refractivity contribution < 1.29 is 13.9 Å². The van der Waals surface area contributed by atoms with Gasteiger partial charge in [-0.2, -0.15) is 4.37 Å². The standard InChI is InChI=1S/C22H25FN4O2S/c1-3-17(24)13-19(21(28)15-6-10-18(29-2)11-7-15)25-22-26-20(27-30-22)12-14-4-8-16(23)9-5-14/h4-11,17,19H,3,12-13,24H2,1-2H3,(H,25,26,27). The van der Waals surface area contributed by atoms with Gasteiger partial charge in [-0.25, -0.2) is 9.37 Å². The topological polar surface area (TPSA) is 90.1 Å². The molecule has 6 nitrogen and oxygen atoms in total. The van der Waals surface area contributed by atoms with E-state index in [0.29, 0.717) is 35.1 Å². The highest BCUT2D eigenvalue weighted by Crippen LogP contribution is 2.20. The van der Waals surface area contributed by atoms with Gasteiger partial charge >= 0.3 is 0 Å². The molecule has 3 N–H and O–H groups in total. The predicted octanol–water partition coefficient (Wildman–Crippen LogP) is 4.07. The fourth-order valence-corrected chi connectivity index (χ4v) is 3.61. The maximum atomic E-state index is 13.1. The van der Waals surface area contributed by atoms with Gasteiger partial charge in [-0.05, 0) is 54.8 Å². The molecule has 0 saturated heterocycles. The van der Waals surface area contributed by atoms with Crippen LogP contribution >= 0.6 is 11.5 Å². The molecule has 0 fully saturated rings. The Morgan fingerprint density at radius 2 is 1.90 bits per heavy atom. The SMILES string of the molecule is CCC(N)CC(Nc1nc(Cc2ccc(F)cc2)ns1)C(=O)c1ccc(OC)cc1. The Hall–Kier alpha value is -2.84. The highest BCUT2D eigenvalue weighted by Gasteiger charge is 2.23. The van der Waals surface area contributed by atoms with E-state index in [1.807, 2.05) is 6.92 Å². The molecule has 8 heteroatoms. The maximum absolute atomic E-state index is 13.1. The summed E-state index contributed by atoms with van der Waals surface area (Å²) in [6.45, 7) is 1.99. The highest BCUT2D eigenvalue weighted by atomic mass is 32.1. The lowest BCUT2D eigenvalue weighted by molar-refractivity contribution is 0.0962. The van der Waals surface area contributed by atoms with Crippen LogP contribution in [-0.4, -0.2) is 34.3 Å². The fourth-order valence-electron chi connectivity index (χ4n) is 2.98. The molecule has 2 atom stereocenters. The number of hydrogen-bond acceptors (Lipinski definition) is 7. The maximum Gasteiger partial charge on any atom is 0.203 e. The largest absolute Gasteiger partial charge is 0.497 e. The van der Waals surface area contributed by atoms with Crippen LogP contribution in [0.4, 0.5) is 9.52 Å². The summed E-state index contributed by atoms with van der Waals surface area (Å²) in [7, 11) is 1.58. The number of carbonyl (C=O) groups is 1. The number of aromatic nitrogens is 2. The van der Waals surface area contributed by atoms with Gasteiger partial charge in [-0.3, -0.25) is 4.79 Å². The van der Waals surface area contributed by atoms with Crippen molar-refractivity contribution in [1.29, 1.82) is 0 Å². The van der Waals surface area contributed by atoms with E-state index in [1.165, 1.54) is 23.7 Å². The molecule has 3 rings (SSSR count). The number of ether oxygens (including phenoxy) is 1. The first-order chi connectivity index (χ1) is 14.5. The molecule has 0 aliphatic carbocycles. The minimum atomic E-state index is -0.514. The van der Waals surface area contributed by atoms with Gasteiger partial charge in [-0.15, -0.1) is 0 Å². The average molecular weight is 429 g/mol. The number of nitrogens with zero attached hydrogens (tertiary/aromatic N) is 2. The van der Waals surface area contributed by atoms with Gasteiger partial charge in [0.05, 0.1) is 13.2 Å². The van der Waals surface area contributed by atoms with E-state index in [1.54, 1.807) is 43.5 Å². The van der Waals surface area contributed by atoms with E-state index in [2.05, 4.69) is 14.7 Å². The third-order valence-electron chi connectivity index (χ3n) is 4.80. The molecule has 30 heavy (non-hydrogen) atoms. The van der Waals surface area contributed by atoms with Gasteiger partial charge in [-0.1, -0.05) is 19.1 Å². The molecular formula is C22H25FN4O2S. The zero-order chi connectivity index (χ0) is 21.5. The summed E-state index contributed by atoms with van der Waals surface area (Å²) in [4.78, 5) is 17.6. The molecule has 3 aromatic rings. The summed E-state index contributed by atoms with van der Waals surface area (Å²) < 4.78 is 22.6. The molecule has 0 amide bonds. The van der Waals surface area contributed by atoms with Gasteiger partial charge < -0.3 is 15.8 Å². The summed E-state index contributed by atoms with van der Waals surface area (Å²) in [5.41, 5.74) is 7.63. The molecule has 0 saturated carbocycles. The second kappa shape index (κ2) is 10.3. The summed E-state index contributed by atoms with van der Waals surface area (Å²) >= 11 is 1.19. The van der Waals surface area contributed by atoms with Gasteiger partial charge in [0.2, 0.25) is 5.13 Å². The minimum absolute atomic E-state index is 0.0585. The smallest absolute Gasteiger partial charge is 0.203 e. The molecule has 2 unspecified atom stereocenters. The van der Waals surface area contributed by atoms with Crippen molar-refractivity contribution >= 4 is 22.4 Å². The lowest BCUT2D eigenvalue weighted by atomic mass is 9.97. The lowest BCUT2D eigenvalue weighted by Crippen LogP contribution is -2.36. The first-order valence-corrected chi connectivity index (χ1v) is 10.5. The van der Waals surface area contributed by atoms with Crippen LogP contribution in [0.3, 0.4) is 0 Å². The number of nitrogens with two attached hydrogens (primary N) is 1. The number of carbonyl (C=O) groups excluding carboxylic acids is 1. The van der Waals surface area contributed by atoms with Gasteiger partial charge in [0, 0.05) is 29.6 Å². The third kappa shape index (κ3) is 5.84. The molecule has 2 aromatic carbocycles. The summed E-state index contributed by atoms with van der Waals surface area (Å²) in [6.07, 6.45) is 1.73. The molecule has 158 valence electrons. The predicted molar refractivity (Wildman–Crippen MR) is 117 cm³/mol. The first-order valence-electron chi connectivity index (χ1n) is 9.76. The second-order valence-corrected chi connectivity index (χ2v) is 7.76. The minimum Gasteiger partial charge on any atom is -0.497 e. The zero-order valence-electron chi connectivity index (χ0n) is 17.0. The molecule has 0 bridgehead atoms. The van der Waals surface area contributed by atoms with E-state index in [4.69, 9.17) is 10.5 Å². The first kappa shape index (κ1) is 21.9. The van der Waals surface area contributed by atoms with Crippen molar-refractivity contribution in [2.45, 2.75) is 38.3 Å². The van der Waals surface area contributed by atoms with Crippen molar-refractivity contribution in [3.63, 3.8) is 0 Å². The number of rotatable bonds is 10. The number of anilines is 1. The fraction of sp³-hybridized carbons (Fsp3) is 0.318. The molecular weight excluding hydrogens is 403 g/mol. The number of Topliss-reactive ketones (excluding diaryl/α,β-unsaturated/α-hetero) is 1. The quantitative estimate of drug-likeness (QED) is 0.473. The van der Waals surface area contributed by atoms with E-state index in [0.717, 1.165) is 12.0 Å². The van der Waals surface area contributed by atoms with Gasteiger partial charge in [0.25, 0.3) is 0 Å². The van der Waals surface area contributed by atoms with Gasteiger partial charge in [0.15, 0.2) is 5.78 Å². The summed E-state index contributed by atoms with van der Waals surface area (Å²) in [6, 6.07) is 12.6. The summed E-state index contributed by atoms with van der Waals surface area (Å²) in [5.74, 6) is 0.969. The Kier molecular flexibility index (Phi) is 7.48. The van der Waals surface area contributed by atoms with Crippen molar-refractivity contribution in [2.24, 2.45) is 5.73 Å². The van der Waals surface area contributed by atoms with E-state index < -0.39 is 6.04 Å². The van der Waals surface area contributed by atoms with Crippen LogP contribution in [0.25, 0.3) is 0 Å². The molecule has 1 aromatic heterocycles. The number of hydrogen-bond donors (Lipinski definition) is 2. The zero-order valence-corrected chi connectivity index (χ0v) is 17.8. The van der Waals surface area contributed by atoms with Crippen LogP contribution in [0.15, 0.2) is 48.5 Å². The molecule has 0 aliphatic rings. The number of halogens is 1. The summed E-state index contributed by atoms with van der Waals surface area (Å²) in [5, 5.41) is 3.77. The molecule has 0 aliphatic heterocycles. The van der Waals surface area contributed by atoms with E-state index >= 15 is 0 Å². The van der Waals surface area contributed by atoms with Crippen LogP contribution in [-0.2, 0) is 6.42 Å². The lowest BCUT2D eigenvalue weighted by Gasteiger charge is -2.20. The van der Waals surface area contributed by atoms with Crippen LogP contribution in [0.5, 0.6) is 5.75 Å². The molecule has 1 heterocycles. The second-order valence-electron chi connectivity index (χ2n) is 7.01. The molecule has 0 radical (unpaired) electrons. The Balaban J connectivity index is 1.73. The number of benzene rings is 2.